The Morgan fingerprint density at radius 1 is 1.06 bits per heavy atom. The number of rotatable bonds is 6. The summed E-state index contributed by atoms with van der Waals surface area (Å²) in [5.74, 6) is 0.601. The van der Waals surface area contributed by atoms with Crippen molar-refractivity contribution < 1.29 is 9.90 Å². The number of nitrogens with one attached hydrogen (secondary N) is 2. The van der Waals surface area contributed by atoms with Crippen LogP contribution in [-0.4, -0.2) is 32.7 Å². The first-order valence-electron chi connectivity index (χ1n) is 9.59. The standard InChI is InChI=1S/C22H23Cl2N5O2/c1-14(22(2,3)31)26-20-25-13-12-18(27-20)29(15-8-5-4-6-9-15)21(30)28-19-16(23)10-7-11-17(19)24/h4-14,31H,1-3H3,(H,28,30)(H,25,26,27)/t14-/m0/s1. The smallest absolute Gasteiger partial charge is 0.332 e. The Balaban J connectivity index is 1.97. The van der Waals surface area contributed by atoms with Gasteiger partial charge in [0.25, 0.3) is 0 Å². The van der Waals surface area contributed by atoms with Crippen LogP contribution in [0.2, 0.25) is 10.0 Å². The number of amides is 2. The van der Waals surface area contributed by atoms with Gasteiger partial charge in [-0.3, -0.25) is 0 Å². The molecule has 0 radical (unpaired) electrons. The van der Waals surface area contributed by atoms with Gasteiger partial charge in [-0.1, -0.05) is 47.5 Å². The summed E-state index contributed by atoms with van der Waals surface area (Å²) in [4.78, 5) is 23.4. The molecule has 9 heteroatoms. The minimum atomic E-state index is -0.989. The highest BCUT2D eigenvalue weighted by Gasteiger charge is 2.25. The van der Waals surface area contributed by atoms with E-state index in [0.29, 0.717) is 27.2 Å². The molecule has 0 aliphatic carbocycles. The zero-order valence-electron chi connectivity index (χ0n) is 17.3. The number of anilines is 4. The van der Waals surface area contributed by atoms with E-state index in [1.807, 2.05) is 25.1 Å². The van der Waals surface area contributed by atoms with E-state index in [1.54, 1.807) is 50.2 Å². The number of carbonyl (C=O) groups is 1. The lowest BCUT2D eigenvalue weighted by atomic mass is 10.0. The third-order valence-electron chi connectivity index (χ3n) is 4.69. The predicted octanol–water partition coefficient (Wildman–Crippen LogP) is 5.72. The van der Waals surface area contributed by atoms with E-state index in [1.165, 1.54) is 11.1 Å². The van der Waals surface area contributed by atoms with Gasteiger partial charge in [-0.2, -0.15) is 4.98 Å². The number of benzene rings is 2. The number of hydrogen-bond donors (Lipinski definition) is 3. The van der Waals surface area contributed by atoms with E-state index in [9.17, 15) is 9.90 Å². The number of urea groups is 1. The summed E-state index contributed by atoms with van der Waals surface area (Å²) in [7, 11) is 0. The monoisotopic (exact) mass is 459 g/mol. The average Bonchev–Trinajstić information content (AvgIpc) is 2.71. The van der Waals surface area contributed by atoms with Crippen molar-refractivity contribution >= 4 is 52.4 Å². The largest absolute Gasteiger partial charge is 0.388 e. The Bertz CT molecular complexity index is 1040. The van der Waals surface area contributed by atoms with Crippen molar-refractivity contribution in [2.75, 3.05) is 15.5 Å². The van der Waals surface area contributed by atoms with Crippen LogP contribution in [0.15, 0.2) is 60.8 Å². The fourth-order valence-corrected chi connectivity index (χ4v) is 3.12. The van der Waals surface area contributed by atoms with Crippen LogP contribution in [0.1, 0.15) is 20.8 Å². The lowest BCUT2D eigenvalue weighted by Crippen LogP contribution is -2.40. The van der Waals surface area contributed by atoms with Crippen molar-refractivity contribution in [3.8, 4) is 0 Å². The van der Waals surface area contributed by atoms with Crippen LogP contribution in [0.4, 0.5) is 27.9 Å². The van der Waals surface area contributed by atoms with Crippen LogP contribution >= 0.6 is 23.2 Å². The van der Waals surface area contributed by atoms with Gasteiger partial charge in [-0.05, 0) is 45.0 Å². The molecule has 3 aromatic rings. The second-order valence-electron chi connectivity index (χ2n) is 7.46. The first-order valence-corrected chi connectivity index (χ1v) is 10.3. The van der Waals surface area contributed by atoms with E-state index in [-0.39, 0.29) is 12.0 Å². The second kappa shape index (κ2) is 9.51. The maximum atomic E-state index is 13.3. The van der Waals surface area contributed by atoms with E-state index in [0.717, 1.165) is 0 Å². The molecule has 1 aromatic heterocycles. The summed E-state index contributed by atoms with van der Waals surface area (Å²) in [6, 6.07) is 14.8. The van der Waals surface area contributed by atoms with E-state index >= 15 is 0 Å². The summed E-state index contributed by atoms with van der Waals surface area (Å²) in [5, 5.41) is 16.7. The third kappa shape index (κ3) is 5.64. The lowest BCUT2D eigenvalue weighted by Gasteiger charge is -2.27. The molecular formula is C22H23Cl2N5O2. The summed E-state index contributed by atoms with van der Waals surface area (Å²) in [6.07, 6.45) is 1.54. The molecule has 3 rings (SSSR count). The molecule has 3 N–H and O–H groups in total. The molecule has 0 saturated carbocycles. The van der Waals surface area contributed by atoms with Crippen molar-refractivity contribution in [2.45, 2.75) is 32.4 Å². The zero-order chi connectivity index (χ0) is 22.6. The number of nitrogens with zero attached hydrogens (tertiary/aromatic N) is 3. The van der Waals surface area contributed by atoms with Gasteiger partial charge in [0.05, 0.1) is 33.1 Å². The van der Waals surface area contributed by atoms with E-state index < -0.39 is 11.6 Å². The van der Waals surface area contributed by atoms with Gasteiger partial charge in [0.2, 0.25) is 5.95 Å². The third-order valence-corrected chi connectivity index (χ3v) is 5.32. The zero-order valence-corrected chi connectivity index (χ0v) is 18.8. The topological polar surface area (TPSA) is 90.4 Å². The van der Waals surface area contributed by atoms with Crippen molar-refractivity contribution in [1.29, 1.82) is 0 Å². The van der Waals surface area contributed by atoms with Crippen molar-refractivity contribution in [1.82, 2.24) is 9.97 Å². The summed E-state index contributed by atoms with van der Waals surface area (Å²) < 4.78 is 0. The second-order valence-corrected chi connectivity index (χ2v) is 8.27. The molecule has 2 aromatic carbocycles. The highest BCUT2D eigenvalue weighted by atomic mass is 35.5. The van der Waals surface area contributed by atoms with Gasteiger partial charge in [0.1, 0.15) is 5.82 Å². The minimum Gasteiger partial charge on any atom is -0.388 e. The van der Waals surface area contributed by atoms with Crippen LogP contribution in [-0.2, 0) is 0 Å². The average molecular weight is 460 g/mol. The predicted molar refractivity (Wildman–Crippen MR) is 125 cm³/mol. The molecule has 0 aliphatic heterocycles. The molecule has 0 bridgehead atoms. The fraction of sp³-hybridized carbons (Fsp3) is 0.227. The van der Waals surface area contributed by atoms with Gasteiger partial charge < -0.3 is 15.7 Å². The molecular weight excluding hydrogens is 437 g/mol. The van der Waals surface area contributed by atoms with Crippen molar-refractivity contribution in [3.63, 3.8) is 0 Å². The molecule has 0 unspecified atom stereocenters. The minimum absolute atomic E-state index is 0.275. The Kier molecular flexibility index (Phi) is 7.00. The number of carbonyl (C=O) groups excluding carboxylic acids is 1. The van der Waals surface area contributed by atoms with Gasteiger partial charge in [0, 0.05) is 12.3 Å². The molecule has 0 fully saturated rings. The maximum Gasteiger partial charge on any atom is 0.332 e. The number of para-hydroxylation sites is 2. The van der Waals surface area contributed by atoms with Crippen LogP contribution in [0.5, 0.6) is 0 Å². The number of halogens is 2. The maximum absolute atomic E-state index is 13.3. The molecule has 0 spiro atoms. The van der Waals surface area contributed by atoms with Crippen LogP contribution in [0.25, 0.3) is 0 Å². The first kappa shape index (κ1) is 22.8. The quantitative estimate of drug-likeness (QED) is 0.438. The van der Waals surface area contributed by atoms with E-state index in [4.69, 9.17) is 23.2 Å². The molecule has 1 heterocycles. The van der Waals surface area contributed by atoms with E-state index in [2.05, 4.69) is 20.6 Å². The Morgan fingerprint density at radius 3 is 2.32 bits per heavy atom. The SMILES string of the molecule is C[C@H](Nc1nccc(N(C(=O)Nc2c(Cl)cccc2Cl)c2ccccc2)n1)C(C)(C)O. The summed E-state index contributed by atoms with van der Waals surface area (Å²) in [5.41, 5.74) is -0.0976. The van der Waals surface area contributed by atoms with Crippen LogP contribution < -0.4 is 15.5 Å². The molecule has 0 saturated heterocycles. The summed E-state index contributed by atoms with van der Waals surface area (Å²) >= 11 is 12.4. The molecule has 1 atom stereocenters. The van der Waals surface area contributed by atoms with Gasteiger partial charge >= 0.3 is 6.03 Å². The van der Waals surface area contributed by atoms with Crippen molar-refractivity contribution in [2.24, 2.45) is 0 Å². The van der Waals surface area contributed by atoms with Crippen LogP contribution in [0.3, 0.4) is 0 Å². The van der Waals surface area contributed by atoms with Crippen LogP contribution in [0, 0.1) is 0 Å². The highest BCUT2D eigenvalue weighted by Crippen LogP contribution is 2.32. The lowest BCUT2D eigenvalue weighted by molar-refractivity contribution is 0.0646. The normalized spacial score (nSPS) is 12.2. The summed E-state index contributed by atoms with van der Waals surface area (Å²) in [6.45, 7) is 5.19. The fourth-order valence-electron chi connectivity index (χ4n) is 2.62. The van der Waals surface area contributed by atoms with Gasteiger partial charge in [-0.15, -0.1) is 0 Å². The highest BCUT2D eigenvalue weighted by molar-refractivity contribution is 6.40. The molecule has 2 amide bonds. The first-order chi connectivity index (χ1) is 14.7. The Labute approximate surface area is 191 Å². The molecule has 162 valence electrons. The van der Waals surface area contributed by atoms with Gasteiger partial charge in [0.15, 0.2) is 0 Å². The van der Waals surface area contributed by atoms with Gasteiger partial charge in [-0.25, -0.2) is 14.7 Å². The Morgan fingerprint density at radius 2 is 1.71 bits per heavy atom. The number of hydrogen-bond acceptors (Lipinski definition) is 5. The van der Waals surface area contributed by atoms with Crippen molar-refractivity contribution in [3.05, 3.63) is 70.8 Å². The molecule has 7 nitrogen and oxygen atoms in total. The number of aromatic nitrogens is 2. The number of aliphatic hydroxyl groups is 1. The Hall–Kier alpha value is -2.87. The molecule has 0 aliphatic rings. The molecule has 31 heavy (non-hydrogen) atoms.